The largest absolute Gasteiger partial charge is 0.416 e. The van der Waals surface area contributed by atoms with Crippen LogP contribution in [0.25, 0.3) is 0 Å². The molecular formula is C20H21F3N4O3. The molecule has 0 aliphatic carbocycles. The van der Waals surface area contributed by atoms with E-state index < -0.39 is 22.7 Å². The van der Waals surface area contributed by atoms with Crippen molar-refractivity contribution in [3.63, 3.8) is 0 Å². The van der Waals surface area contributed by atoms with Crippen molar-refractivity contribution in [2.75, 3.05) is 36.4 Å². The Morgan fingerprint density at radius 1 is 1.10 bits per heavy atom. The summed E-state index contributed by atoms with van der Waals surface area (Å²) in [6.07, 6.45) is -4.39. The zero-order valence-corrected chi connectivity index (χ0v) is 16.2. The number of anilines is 2. The van der Waals surface area contributed by atoms with Gasteiger partial charge in [-0.1, -0.05) is 6.07 Å². The second kappa shape index (κ2) is 8.70. The molecule has 1 saturated heterocycles. The molecule has 7 nitrogen and oxygen atoms in total. The van der Waals surface area contributed by atoms with Crippen molar-refractivity contribution in [1.29, 1.82) is 0 Å². The van der Waals surface area contributed by atoms with Crippen molar-refractivity contribution < 1.29 is 22.9 Å². The molecule has 1 aliphatic heterocycles. The molecule has 0 bridgehead atoms. The number of non-ortho nitro benzene ring substituents is 1. The summed E-state index contributed by atoms with van der Waals surface area (Å²) in [7, 11) is 0. The van der Waals surface area contributed by atoms with Crippen LogP contribution < -0.4 is 10.2 Å². The van der Waals surface area contributed by atoms with Gasteiger partial charge in [0.1, 0.15) is 0 Å². The lowest BCUT2D eigenvalue weighted by molar-refractivity contribution is -0.384. The highest BCUT2D eigenvalue weighted by Crippen LogP contribution is 2.32. The molecule has 1 heterocycles. The lowest BCUT2D eigenvalue weighted by Crippen LogP contribution is -2.52. The number of piperazine rings is 1. The van der Waals surface area contributed by atoms with E-state index in [4.69, 9.17) is 0 Å². The Morgan fingerprint density at radius 3 is 2.30 bits per heavy atom. The van der Waals surface area contributed by atoms with E-state index in [-0.39, 0.29) is 11.6 Å². The summed E-state index contributed by atoms with van der Waals surface area (Å²) >= 11 is 0. The number of alkyl halides is 3. The van der Waals surface area contributed by atoms with Crippen molar-refractivity contribution >= 4 is 23.0 Å². The number of amides is 1. The lowest BCUT2D eigenvalue weighted by Gasteiger charge is -2.38. The Hall–Kier alpha value is -3.14. The van der Waals surface area contributed by atoms with Gasteiger partial charge in [0.15, 0.2) is 0 Å². The first-order chi connectivity index (χ1) is 14.1. The molecule has 1 N–H and O–H groups in total. The maximum atomic E-state index is 12.9. The van der Waals surface area contributed by atoms with Crippen LogP contribution in [-0.2, 0) is 11.0 Å². The molecule has 1 fully saturated rings. The number of halogens is 3. The Labute approximate surface area is 171 Å². The predicted molar refractivity (Wildman–Crippen MR) is 106 cm³/mol. The number of benzene rings is 2. The van der Waals surface area contributed by atoms with E-state index in [0.29, 0.717) is 37.6 Å². The van der Waals surface area contributed by atoms with E-state index in [1.807, 2.05) is 9.80 Å². The van der Waals surface area contributed by atoms with E-state index in [1.165, 1.54) is 30.3 Å². The van der Waals surface area contributed by atoms with Gasteiger partial charge in [-0.15, -0.1) is 0 Å². The second-order valence-electron chi connectivity index (χ2n) is 7.04. The number of hydrogen-bond donors (Lipinski definition) is 1. The van der Waals surface area contributed by atoms with Crippen LogP contribution in [0.2, 0.25) is 0 Å². The third kappa shape index (κ3) is 5.07. The topological polar surface area (TPSA) is 78.7 Å². The van der Waals surface area contributed by atoms with Gasteiger partial charge in [0.2, 0.25) is 5.91 Å². The number of carbonyl (C=O) groups excluding carboxylic acids is 1. The first-order valence-corrected chi connectivity index (χ1v) is 9.37. The zero-order valence-electron chi connectivity index (χ0n) is 16.2. The highest BCUT2D eigenvalue weighted by Gasteiger charge is 2.31. The summed E-state index contributed by atoms with van der Waals surface area (Å²) < 4.78 is 38.8. The second-order valence-corrected chi connectivity index (χ2v) is 7.04. The van der Waals surface area contributed by atoms with Gasteiger partial charge in [-0.05, 0) is 37.3 Å². The average molecular weight is 422 g/mol. The number of nitro benzene ring substituents is 1. The van der Waals surface area contributed by atoms with E-state index >= 15 is 0 Å². The molecule has 0 radical (unpaired) electrons. The number of nitrogens with zero attached hydrogens (tertiary/aromatic N) is 3. The van der Waals surface area contributed by atoms with Gasteiger partial charge in [-0.25, -0.2) is 0 Å². The summed E-state index contributed by atoms with van der Waals surface area (Å²) in [5.41, 5.74) is 0.220. The summed E-state index contributed by atoms with van der Waals surface area (Å²) in [6.45, 7) is 3.78. The molecule has 2 aromatic rings. The molecule has 1 atom stereocenters. The lowest BCUT2D eigenvalue weighted by atomic mass is 10.1. The fourth-order valence-corrected chi connectivity index (χ4v) is 3.33. The Balaban J connectivity index is 1.56. The fourth-order valence-electron chi connectivity index (χ4n) is 3.33. The van der Waals surface area contributed by atoms with Crippen molar-refractivity contribution in [2.24, 2.45) is 0 Å². The van der Waals surface area contributed by atoms with Gasteiger partial charge >= 0.3 is 6.18 Å². The maximum absolute atomic E-state index is 12.9. The molecule has 2 aromatic carbocycles. The Kier molecular flexibility index (Phi) is 6.25. The normalized spacial score (nSPS) is 16.2. The van der Waals surface area contributed by atoms with E-state index in [9.17, 15) is 28.1 Å². The first-order valence-electron chi connectivity index (χ1n) is 9.37. The molecule has 0 aromatic heterocycles. The molecule has 160 valence electrons. The third-order valence-corrected chi connectivity index (χ3v) is 5.13. The summed E-state index contributed by atoms with van der Waals surface area (Å²) in [5, 5.41) is 13.4. The maximum Gasteiger partial charge on any atom is 0.416 e. The van der Waals surface area contributed by atoms with Gasteiger partial charge in [-0.2, -0.15) is 13.2 Å². The number of rotatable bonds is 5. The van der Waals surface area contributed by atoms with Crippen molar-refractivity contribution in [2.45, 2.75) is 19.1 Å². The van der Waals surface area contributed by atoms with Gasteiger partial charge in [0.25, 0.3) is 5.69 Å². The van der Waals surface area contributed by atoms with E-state index in [2.05, 4.69) is 5.32 Å². The van der Waals surface area contributed by atoms with Gasteiger partial charge in [0, 0.05) is 49.7 Å². The molecule has 1 unspecified atom stereocenters. The van der Waals surface area contributed by atoms with Crippen LogP contribution in [0.5, 0.6) is 0 Å². The molecule has 30 heavy (non-hydrogen) atoms. The first kappa shape index (κ1) is 21.6. The fraction of sp³-hybridized carbons (Fsp3) is 0.350. The highest BCUT2D eigenvalue weighted by molar-refractivity contribution is 5.94. The smallest absolute Gasteiger partial charge is 0.369 e. The van der Waals surface area contributed by atoms with Crippen LogP contribution in [0.15, 0.2) is 48.5 Å². The van der Waals surface area contributed by atoms with Crippen LogP contribution in [0.1, 0.15) is 12.5 Å². The molecule has 1 aliphatic rings. The quantitative estimate of drug-likeness (QED) is 0.586. The van der Waals surface area contributed by atoms with Gasteiger partial charge in [0.05, 0.1) is 16.5 Å². The standard InChI is InChI=1S/C20H21F3N4O3/c1-14(19(28)24-16-5-7-17(8-6-16)27(29)30)25-9-11-26(12-10-25)18-4-2-3-15(13-18)20(21,22)23/h2-8,13-14H,9-12H2,1H3,(H,24,28). The number of nitro groups is 1. The van der Waals surface area contributed by atoms with Crippen LogP contribution in [0.3, 0.4) is 0 Å². The molecule has 0 saturated carbocycles. The minimum absolute atomic E-state index is 0.0632. The van der Waals surface area contributed by atoms with Crippen molar-refractivity contribution in [3.8, 4) is 0 Å². The van der Waals surface area contributed by atoms with E-state index in [0.717, 1.165) is 12.1 Å². The monoisotopic (exact) mass is 422 g/mol. The summed E-state index contributed by atoms with van der Waals surface area (Å²) in [4.78, 5) is 26.5. The average Bonchev–Trinajstić information content (AvgIpc) is 2.73. The molecule has 0 spiro atoms. The molecule has 3 rings (SSSR count). The molecule has 10 heteroatoms. The van der Waals surface area contributed by atoms with Crippen molar-refractivity contribution in [1.82, 2.24) is 4.90 Å². The Bertz CT molecular complexity index is 910. The van der Waals surface area contributed by atoms with Crippen LogP contribution in [0.4, 0.5) is 30.2 Å². The summed E-state index contributed by atoms with van der Waals surface area (Å²) in [5.74, 6) is -0.253. The van der Waals surface area contributed by atoms with Crippen LogP contribution >= 0.6 is 0 Å². The Morgan fingerprint density at radius 2 is 1.73 bits per heavy atom. The van der Waals surface area contributed by atoms with Gasteiger partial charge < -0.3 is 10.2 Å². The number of nitrogens with one attached hydrogen (secondary N) is 1. The third-order valence-electron chi connectivity index (χ3n) is 5.13. The van der Waals surface area contributed by atoms with Crippen molar-refractivity contribution in [3.05, 3.63) is 64.2 Å². The SMILES string of the molecule is CC(C(=O)Nc1ccc([N+](=O)[O-])cc1)N1CCN(c2cccc(C(F)(F)F)c2)CC1. The minimum Gasteiger partial charge on any atom is -0.369 e. The molecule has 1 amide bonds. The number of carbonyl (C=O) groups is 1. The highest BCUT2D eigenvalue weighted by atomic mass is 19.4. The van der Waals surface area contributed by atoms with Crippen LogP contribution in [0, 0.1) is 10.1 Å². The summed E-state index contributed by atoms with van der Waals surface area (Å²) in [6, 6.07) is 10.3. The van der Waals surface area contributed by atoms with Gasteiger partial charge in [-0.3, -0.25) is 19.8 Å². The molecular weight excluding hydrogens is 401 g/mol. The van der Waals surface area contributed by atoms with Crippen LogP contribution in [-0.4, -0.2) is 48.0 Å². The predicted octanol–water partition coefficient (Wildman–Crippen LogP) is 3.76. The number of hydrogen-bond acceptors (Lipinski definition) is 5. The minimum atomic E-state index is -4.39. The zero-order chi connectivity index (χ0) is 21.9. The van der Waals surface area contributed by atoms with E-state index in [1.54, 1.807) is 13.0 Å².